The minimum atomic E-state index is -0.178. The Balaban J connectivity index is 2.11. The van der Waals surface area contributed by atoms with E-state index in [0.29, 0.717) is 0 Å². The Kier molecular flexibility index (Phi) is 5.09. The SMILES string of the molecule is CCC(N)C(c1cccnc1)N1CCC(C(N)=O)CC1. The lowest BCUT2D eigenvalue weighted by Crippen LogP contribution is -2.46. The van der Waals surface area contributed by atoms with Crippen molar-refractivity contribution < 1.29 is 4.79 Å². The summed E-state index contributed by atoms with van der Waals surface area (Å²) in [6.07, 6.45) is 6.22. The molecule has 1 aromatic heterocycles. The Labute approximate surface area is 120 Å². The summed E-state index contributed by atoms with van der Waals surface area (Å²) in [4.78, 5) is 17.8. The molecule has 1 saturated heterocycles. The lowest BCUT2D eigenvalue weighted by atomic mass is 9.91. The van der Waals surface area contributed by atoms with Gasteiger partial charge in [0, 0.05) is 24.4 Å². The number of primary amides is 1. The van der Waals surface area contributed by atoms with Crippen LogP contribution in [0.25, 0.3) is 0 Å². The first-order chi connectivity index (χ1) is 9.63. The van der Waals surface area contributed by atoms with Crippen molar-refractivity contribution in [1.82, 2.24) is 9.88 Å². The smallest absolute Gasteiger partial charge is 0.220 e. The van der Waals surface area contributed by atoms with Crippen molar-refractivity contribution in [2.75, 3.05) is 13.1 Å². The molecule has 1 aliphatic heterocycles. The molecule has 2 unspecified atom stereocenters. The standard InChI is InChI=1S/C15H24N4O/c1-2-13(16)14(12-4-3-7-18-10-12)19-8-5-11(6-9-19)15(17)20/h3-4,7,10-11,13-14H,2,5-6,8-9,16H2,1H3,(H2,17,20). The number of pyridine rings is 1. The van der Waals surface area contributed by atoms with Gasteiger partial charge in [-0.05, 0) is 44.0 Å². The largest absolute Gasteiger partial charge is 0.369 e. The molecule has 5 heteroatoms. The van der Waals surface area contributed by atoms with Crippen LogP contribution < -0.4 is 11.5 Å². The summed E-state index contributed by atoms with van der Waals surface area (Å²) in [5, 5.41) is 0. The highest BCUT2D eigenvalue weighted by molar-refractivity contribution is 5.76. The zero-order valence-corrected chi connectivity index (χ0v) is 12.0. The Morgan fingerprint density at radius 2 is 2.20 bits per heavy atom. The highest BCUT2D eigenvalue weighted by Crippen LogP contribution is 2.29. The number of hydrogen-bond acceptors (Lipinski definition) is 4. The molecule has 0 aromatic carbocycles. The molecule has 1 aromatic rings. The molecule has 4 N–H and O–H groups in total. The van der Waals surface area contributed by atoms with Crippen molar-refractivity contribution in [2.45, 2.75) is 38.3 Å². The van der Waals surface area contributed by atoms with Gasteiger partial charge in [-0.25, -0.2) is 0 Å². The molecule has 5 nitrogen and oxygen atoms in total. The monoisotopic (exact) mass is 276 g/mol. The predicted octanol–water partition coefficient (Wildman–Crippen LogP) is 1.06. The molecule has 1 aliphatic rings. The zero-order valence-electron chi connectivity index (χ0n) is 12.0. The number of hydrogen-bond donors (Lipinski definition) is 2. The summed E-state index contributed by atoms with van der Waals surface area (Å²) in [5.41, 5.74) is 12.9. The molecule has 0 spiro atoms. The van der Waals surface area contributed by atoms with Crippen molar-refractivity contribution in [3.63, 3.8) is 0 Å². The van der Waals surface area contributed by atoms with Gasteiger partial charge in [0.05, 0.1) is 6.04 Å². The number of amides is 1. The molecule has 1 fully saturated rings. The summed E-state index contributed by atoms with van der Waals surface area (Å²) in [5.74, 6) is -0.166. The second kappa shape index (κ2) is 6.81. The van der Waals surface area contributed by atoms with E-state index in [9.17, 15) is 4.79 Å². The Hall–Kier alpha value is -1.46. The minimum Gasteiger partial charge on any atom is -0.369 e. The van der Waals surface area contributed by atoms with Gasteiger partial charge in [-0.3, -0.25) is 14.7 Å². The van der Waals surface area contributed by atoms with Crippen LogP contribution in [0.1, 0.15) is 37.8 Å². The van der Waals surface area contributed by atoms with Crippen molar-refractivity contribution in [1.29, 1.82) is 0 Å². The highest BCUT2D eigenvalue weighted by atomic mass is 16.1. The van der Waals surface area contributed by atoms with Gasteiger partial charge in [0.1, 0.15) is 0 Å². The summed E-state index contributed by atoms with van der Waals surface area (Å²) >= 11 is 0. The molecule has 0 bridgehead atoms. The maximum atomic E-state index is 11.3. The number of carbonyl (C=O) groups excluding carboxylic acids is 1. The third-order valence-corrected chi connectivity index (χ3v) is 4.23. The van der Waals surface area contributed by atoms with Gasteiger partial charge < -0.3 is 11.5 Å². The predicted molar refractivity (Wildman–Crippen MR) is 78.7 cm³/mol. The van der Waals surface area contributed by atoms with Crippen LogP contribution in [0.15, 0.2) is 24.5 Å². The van der Waals surface area contributed by atoms with E-state index >= 15 is 0 Å². The molecule has 110 valence electrons. The van der Waals surface area contributed by atoms with Crippen LogP contribution in [0.3, 0.4) is 0 Å². The Morgan fingerprint density at radius 1 is 1.50 bits per heavy atom. The molecule has 2 heterocycles. The van der Waals surface area contributed by atoms with Crippen molar-refractivity contribution in [3.05, 3.63) is 30.1 Å². The zero-order chi connectivity index (χ0) is 14.5. The lowest BCUT2D eigenvalue weighted by molar-refractivity contribution is -0.123. The van der Waals surface area contributed by atoms with Crippen molar-refractivity contribution in [3.8, 4) is 0 Å². The van der Waals surface area contributed by atoms with Gasteiger partial charge in [-0.15, -0.1) is 0 Å². The molecule has 20 heavy (non-hydrogen) atoms. The number of carbonyl (C=O) groups is 1. The van der Waals surface area contributed by atoms with E-state index in [4.69, 9.17) is 11.5 Å². The van der Waals surface area contributed by atoms with Crippen molar-refractivity contribution >= 4 is 5.91 Å². The van der Waals surface area contributed by atoms with E-state index in [1.165, 1.54) is 0 Å². The Bertz CT molecular complexity index is 429. The first kappa shape index (κ1) is 14.9. The number of nitrogens with two attached hydrogens (primary N) is 2. The fourth-order valence-electron chi connectivity index (χ4n) is 2.97. The molecular weight excluding hydrogens is 252 g/mol. The third-order valence-electron chi connectivity index (χ3n) is 4.23. The number of piperidine rings is 1. The summed E-state index contributed by atoms with van der Waals surface area (Å²) in [6, 6.07) is 4.26. The van der Waals surface area contributed by atoms with Crippen LogP contribution >= 0.6 is 0 Å². The average Bonchev–Trinajstić information content (AvgIpc) is 2.49. The van der Waals surface area contributed by atoms with Crippen LogP contribution in [-0.4, -0.2) is 34.9 Å². The maximum absolute atomic E-state index is 11.3. The average molecular weight is 276 g/mol. The molecule has 0 saturated carbocycles. The van der Waals surface area contributed by atoms with Gasteiger partial charge >= 0.3 is 0 Å². The van der Waals surface area contributed by atoms with Crippen LogP contribution in [-0.2, 0) is 4.79 Å². The second-order valence-corrected chi connectivity index (χ2v) is 5.52. The number of rotatable bonds is 5. The van der Waals surface area contributed by atoms with Gasteiger partial charge in [-0.2, -0.15) is 0 Å². The van der Waals surface area contributed by atoms with E-state index in [-0.39, 0.29) is 23.9 Å². The first-order valence-corrected chi connectivity index (χ1v) is 7.32. The van der Waals surface area contributed by atoms with Crippen molar-refractivity contribution in [2.24, 2.45) is 17.4 Å². The van der Waals surface area contributed by atoms with Gasteiger partial charge in [0.25, 0.3) is 0 Å². The molecule has 1 amide bonds. The molecule has 0 aliphatic carbocycles. The van der Waals surface area contributed by atoms with E-state index in [1.54, 1.807) is 6.20 Å². The van der Waals surface area contributed by atoms with Crippen LogP contribution in [0, 0.1) is 5.92 Å². The fraction of sp³-hybridized carbons (Fsp3) is 0.600. The quantitative estimate of drug-likeness (QED) is 0.842. The fourth-order valence-corrected chi connectivity index (χ4v) is 2.97. The van der Waals surface area contributed by atoms with Crippen LogP contribution in [0.5, 0.6) is 0 Å². The minimum absolute atomic E-state index is 0.0126. The topological polar surface area (TPSA) is 85.2 Å². The number of nitrogens with zero attached hydrogens (tertiary/aromatic N) is 2. The van der Waals surface area contributed by atoms with Gasteiger partial charge in [0.2, 0.25) is 5.91 Å². The van der Waals surface area contributed by atoms with E-state index in [1.807, 2.05) is 12.3 Å². The van der Waals surface area contributed by atoms with E-state index in [2.05, 4.69) is 22.9 Å². The normalized spacial score (nSPS) is 20.5. The van der Waals surface area contributed by atoms with Gasteiger partial charge in [0.15, 0.2) is 0 Å². The Morgan fingerprint density at radius 3 is 2.70 bits per heavy atom. The number of likely N-dealkylation sites (tertiary alicyclic amines) is 1. The number of aromatic nitrogens is 1. The molecule has 2 atom stereocenters. The summed E-state index contributed by atoms with van der Waals surface area (Å²) < 4.78 is 0. The highest BCUT2D eigenvalue weighted by Gasteiger charge is 2.31. The third kappa shape index (κ3) is 3.35. The first-order valence-electron chi connectivity index (χ1n) is 7.32. The maximum Gasteiger partial charge on any atom is 0.220 e. The summed E-state index contributed by atoms with van der Waals surface area (Å²) in [6.45, 7) is 3.83. The summed E-state index contributed by atoms with van der Waals surface area (Å²) in [7, 11) is 0. The van der Waals surface area contributed by atoms with Crippen LogP contribution in [0.2, 0.25) is 0 Å². The molecular formula is C15H24N4O. The van der Waals surface area contributed by atoms with Crippen LogP contribution in [0.4, 0.5) is 0 Å². The molecule has 2 rings (SSSR count). The van der Waals surface area contributed by atoms with Gasteiger partial charge in [-0.1, -0.05) is 13.0 Å². The lowest BCUT2D eigenvalue weighted by Gasteiger charge is -2.39. The molecule has 0 radical (unpaired) electrons. The van der Waals surface area contributed by atoms with E-state index in [0.717, 1.165) is 37.9 Å². The van der Waals surface area contributed by atoms with E-state index < -0.39 is 0 Å². The second-order valence-electron chi connectivity index (χ2n) is 5.52.